The Morgan fingerprint density at radius 2 is 1.78 bits per heavy atom. The molecule has 3 rings (SSSR count). The van der Waals surface area contributed by atoms with Crippen LogP contribution >= 0.6 is 0 Å². The minimum atomic E-state index is -0.398. The molecule has 2 aromatic rings. The number of piperazine rings is 1. The van der Waals surface area contributed by atoms with Crippen molar-refractivity contribution in [3.63, 3.8) is 0 Å². The lowest BCUT2D eigenvalue weighted by Gasteiger charge is -2.36. The molecule has 6 heteroatoms. The smallest absolute Gasteiger partial charge is 0.250 e. The van der Waals surface area contributed by atoms with Gasteiger partial charge in [0.15, 0.2) is 0 Å². The summed E-state index contributed by atoms with van der Waals surface area (Å²) >= 11 is 0. The predicted octanol–water partition coefficient (Wildman–Crippen LogP) is 2.42. The maximum Gasteiger partial charge on any atom is 0.250 e. The van der Waals surface area contributed by atoms with E-state index in [4.69, 9.17) is 10.5 Å². The summed E-state index contributed by atoms with van der Waals surface area (Å²) in [6, 6.07) is 15.6. The number of benzene rings is 2. The van der Waals surface area contributed by atoms with Gasteiger partial charge in [0.2, 0.25) is 0 Å². The van der Waals surface area contributed by atoms with Crippen LogP contribution in [0.5, 0.6) is 5.75 Å². The molecule has 1 amide bonds. The number of methoxy groups -OCH3 is 1. The SMILES string of the molecule is COc1ccccc1N1CCN(CCCNc2ccccc2C(N)=O)CC1. The van der Waals surface area contributed by atoms with Crippen molar-refractivity contribution in [1.82, 2.24) is 4.90 Å². The third kappa shape index (κ3) is 4.92. The van der Waals surface area contributed by atoms with Gasteiger partial charge in [-0.25, -0.2) is 0 Å². The molecular weight excluding hydrogens is 340 g/mol. The first kappa shape index (κ1) is 19.0. The number of hydrogen-bond acceptors (Lipinski definition) is 5. The minimum absolute atomic E-state index is 0.398. The van der Waals surface area contributed by atoms with Gasteiger partial charge in [0, 0.05) is 38.4 Å². The first-order chi connectivity index (χ1) is 13.2. The molecule has 0 spiro atoms. The molecule has 0 aliphatic carbocycles. The fourth-order valence-electron chi connectivity index (χ4n) is 3.48. The third-order valence-corrected chi connectivity index (χ3v) is 4.96. The molecule has 1 aliphatic rings. The average Bonchev–Trinajstić information content (AvgIpc) is 2.72. The number of rotatable bonds is 8. The topological polar surface area (TPSA) is 70.8 Å². The van der Waals surface area contributed by atoms with Gasteiger partial charge in [0.25, 0.3) is 5.91 Å². The van der Waals surface area contributed by atoms with Crippen LogP contribution in [0.15, 0.2) is 48.5 Å². The Morgan fingerprint density at radius 1 is 1.07 bits per heavy atom. The van der Waals surface area contributed by atoms with Crippen LogP contribution in [0.1, 0.15) is 16.8 Å². The average molecular weight is 368 g/mol. The molecule has 6 nitrogen and oxygen atoms in total. The normalized spacial score (nSPS) is 14.8. The first-order valence-electron chi connectivity index (χ1n) is 9.42. The second-order valence-corrected chi connectivity index (χ2v) is 6.69. The summed E-state index contributed by atoms with van der Waals surface area (Å²) in [6.07, 6.45) is 1.02. The fraction of sp³-hybridized carbons (Fsp3) is 0.381. The molecule has 1 heterocycles. The Bertz CT molecular complexity index is 757. The van der Waals surface area contributed by atoms with Crippen molar-refractivity contribution in [1.29, 1.82) is 0 Å². The lowest BCUT2D eigenvalue weighted by Crippen LogP contribution is -2.46. The zero-order valence-corrected chi connectivity index (χ0v) is 15.9. The number of para-hydroxylation sites is 3. The van der Waals surface area contributed by atoms with Crippen LogP contribution in [0.4, 0.5) is 11.4 Å². The van der Waals surface area contributed by atoms with Crippen LogP contribution in [0.3, 0.4) is 0 Å². The predicted molar refractivity (Wildman–Crippen MR) is 110 cm³/mol. The van der Waals surface area contributed by atoms with Crippen LogP contribution < -0.4 is 20.7 Å². The van der Waals surface area contributed by atoms with Gasteiger partial charge in [-0.1, -0.05) is 24.3 Å². The highest BCUT2D eigenvalue weighted by molar-refractivity contribution is 5.98. The number of nitrogens with one attached hydrogen (secondary N) is 1. The van der Waals surface area contributed by atoms with E-state index in [1.165, 1.54) is 5.69 Å². The fourth-order valence-corrected chi connectivity index (χ4v) is 3.48. The maximum absolute atomic E-state index is 11.5. The highest BCUT2D eigenvalue weighted by Crippen LogP contribution is 2.28. The molecule has 0 atom stereocenters. The van der Waals surface area contributed by atoms with Crippen LogP contribution in [-0.2, 0) is 0 Å². The summed E-state index contributed by atoms with van der Waals surface area (Å²) in [4.78, 5) is 16.3. The van der Waals surface area contributed by atoms with E-state index in [-0.39, 0.29) is 0 Å². The van der Waals surface area contributed by atoms with E-state index in [1.807, 2.05) is 30.3 Å². The number of hydrogen-bond donors (Lipinski definition) is 2. The number of nitrogens with zero attached hydrogens (tertiary/aromatic N) is 2. The molecular formula is C21H28N4O2. The van der Waals surface area contributed by atoms with Crippen molar-refractivity contribution in [2.45, 2.75) is 6.42 Å². The molecule has 0 aromatic heterocycles. The lowest BCUT2D eigenvalue weighted by molar-refractivity contribution is 0.100. The minimum Gasteiger partial charge on any atom is -0.495 e. The van der Waals surface area contributed by atoms with Crippen molar-refractivity contribution in [3.8, 4) is 5.75 Å². The van der Waals surface area contributed by atoms with E-state index >= 15 is 0 Å². The number of amides is 1. The van der Waals surface area contributed by atoms with Crippen LogP contribution in [0, 0.1) is 0 Å². The highest BCUT2D eigenvalue weighted by atomic mass is 16.5. The molecule has 144 valence electrons. The molecule has 1 saturated heterocycles. The number of anilines is 2. The zero-order valence-electron chi connectivity index (χ0n) is 15.9. The molecule has 0 bridgehead atoms. The summed E-state index contributed by atoms with van der Waals surface area (Å²) < 4.78 is 5.48. The van der Waals surface area contributed by atoms with Gasteiger partial charge in [0.05, 0.1) is 18.4 Å². The Labute approximate surface area is 160 Å². The number of nitrogens with two attached hydrogens (primary N) is 1. The quantitative estimate of drug-likeness (QED) is 0.700. The third-order valence-electron chi connectivity index (χ3n) is 4.96. The summed E-state index contributed by atoms with van der Waals surface area (Å²) in [5.74, 6) is 0.536. The standard InChI is InChI=1S/C21H28N4O2/c1-27-20-10-5-4-9-19(20)25-15-13-24(14-16-25)12-6-11-23-18-8-3-2-7-17(18)21(22)26/h2-5,7-10,23H,6,11-16H2,1H3,(H2,22,26). The lowest BCUT2D eigenvalue weighted by atomic mass is 10.1. The summed E-state index contributed by atoms with van der Waals surface area (Å²) in [5, 5.41) is 3.33. The van der Waals surface area contributed by atoms with Gasteiger partial charge in [-0.2, -0.15) is 0 Å². The largest absolute Gasteiger partial charge is 0.495 e. The molecule has 1 aliphatic heterocycles. The first-order valence-corrected chi connectivity index (χ1v) is 9.42. The zero-order chi connectivity index (χ0) is 19.1. The number of carbonyl (C=O) groups excluding carboxylic acids is 1. The Kier molecular flexibility index (Phi) is 6.54. The molecule has 2 aromatic carbocycles. The number of primary amides is 1. The van der Waals surface area contributed by atoms with Crippen LogP contribution in [0.2, 0.25) is 0 Å². The molecule has 3 N–H and O–H groups in total. The maximum atomic E-state index is 11.5. The molecule has 1 fully saturated rings. The van der Waals surface area contributed by atoms with E-state index in [2.05, 4.69) is 27.2 Å². The van der Waals surface area contributed by atoms with Gasteiger partial charge in [-0.05, 0) is 37.2 Å². The number of ether oxygens (including phenoxy) is 1. The number of carbonyl (C=O) groups is 1. The van der Waals surface area contributed by atoms with E-state index in [0.717, 1.165) is 57.1 Å². The second kappa shape index (κ2) is 9.28. The van der Waals surface area contributed by atoms with Crippen molar-refractivity contribution in [2.75, 3.05) is 56.6 Å². The van der Waals surface area contributed by atoms with Crippen molar-refractivity contribution >= 4 is 17.3 Å². The Morgan fingerprint density at radius 3 is 2.52 bits per heavy atom. The summed E-state index contributed by atoms with van der Waals surface area (Å²) in [6.45, 7) is 5.92. The second-order valence-electron chi connectivity index (χ2n) is 6.69. The van der Waals surface area contributed by atoms with Crippen molar-refractivity contribution in [2.24, 2.45) is 5.73 Å². The molecule has 0 radical (unpaired) electrons. The summed E-state index contributed by atoms with van der Waals surface area (Å²) in [7, 11) is 1.72. The monoisotopic (exact) mass is 368 g/mol. The molecule has 0 unspecified atom stereocenters. The van der Waals surface area contributed by atoms with E-state index in [1.54, 1.807) is 13.2 Å². The molecule has 27 heavy (non-hydrogen) atoms. The van der Waals surface area contributed by atoms with Gasteiger partial charge in [0.1, 0.15) is 5.75 Å². The van der Waals surface area contributed by atoms with Gasteiger partial charge >= 0.3 is 0 Å². The van der Waals surface area contributed by atoms with Gasteiger partial charge < -0.3 is 20.7 Å². The summed E-state index contributed by atoms with van der Waals surface area (Å²) in [5.41, 5.74) is 7.94. The Hall–Kier alpha value is -2.73. The Balaban J connectivity index is 1.42. The van der Waals surface area contributed by atoms with Crippen LogP contribution in [0.25, 0.3) is 0 Å². The van der Waals surface area contributed by atoms with E-state index in [0.29, 0.717) is 5.56 Å². The van der Waals surface area contributed by atoms with E-state index in [9.17, 15) is 4.79 Å². The van der Waals surface area contributed by atoms with Crippen molar-refractivity contribution in [3.05, 3.63) is 54.1 Å². The highest BCUT2D eigenvalue weighted by Gasteiger charge is 2.19. The van der Waals surface area contributed by atoms with Gasteiger partial charge in [-0.3, -0.25) is 9.69 Å². The van der Waals surface area contributed by atoms with Gasteiger partial charge in [-0.15, -0.1) is 0 Å². The van der Waals surface area contributed by atoms with E-state index < -0.39 is 5.91 Å². The molecule has 0 saturated carbocycles. The van der Waals surface area contributed by atoms with Crippen molar-refractivity contribution < 1.29 is 9.53 Å². The van der Waals surface area contributed by atoms with Crippen LogP contribution in [-0.4, -0.2) is 57.2 Å².